The standard InChI is InChI=1S/C12H22O2/c1-5-9-10(13)11(14)12(6-2,7-3)8-4/h5-9H2,1-4H3. The van der Waals surface area contributed by atoms with Crippen molar-refractivity contribution in [1.29, 1.82) is 0 Å². The van der Waals surface area contributed by atoms with Crippen LogP contribution in [0.1, 0.15) is 59.8 Å². The molecule has 0 saturated carbocycles. The van der Waals surface area contributed by atoms with Crippen molar-refractivity contribution < 1.29 is 9.59 Å². The molecule has 0 aromatic heterocycles. The van der Waals surface area contributed by atoms with Gasteiger partial charge in [0.2, 0.25) is 5.78 Å². The van der Waals surface area contributed by atoms with Crippen LogP contribution < -0.4 is 0 Å². The Kier molecular flexibility index (Phi) is 5.66. The Bertz CT molecular complexity index is 194. The summed E-state index contributed by atoms with van der Waals surface area (Å²) in [4.78, 5) is 23.4. The fourth-order valence-electron chi connectivity index (χ4n) is 1.87. The second-order valence-electron chi connectivity index (χ2n) is 3.84. The molecule has 0 aliphatic heterocycles. The molecule has 0 saturated heterocycles. The average molecular weight is 198 g/mol. The summed E-state index contributed by atoms with van der Waals surface area (Å²) < 4.78 is 0. The van der Waals surface area contributed by atoms with E-state index in [1.165, 1.54) is 0 Å². The summed E-state index contributed by atoms with van der Waals surface area (Å²) >= 11 is 0. The molecule has 0 spiro atoms. The van der Waals surface area contributed by atoms with Crippen molar-refractivity contribution in [3.05, 3.63) is 0 Å². The first-order valence-corrected chi connectivity index (χ1v) is 5.65. The first-order valence-electron chi connectivity index (χ1n) is 5.65. The summed E-state index contributed by atoms with van der Waals surface area (Å²) in [7, 11) is 0. The Labute approximate surface area is 87.1 Å². The second kappa shape index (κ2) is 5.94. The van der Waals surface area contributed by atoms with Crippen molar-refractivity contribution in [2.24, 2.45) is 5.41 Å². The average Bonchev–Trinajstić information content (AvgIpc) is 2.21. The van der Waals surface area contributed by atoms with Gasteiger partial charge in [-0.3, -0.25) is 9.59 Å². The molecule has 2 heteroatoms. The minimum absolute atomic E-state index is 0.146. The summed E-state index contributed by atoms with van der Waals surface area (Å²) in [5, 5.41) is 0. The molecule has 0 fully saturated rings. The van der Waals surface area contributed by atoms with Gasteiger partial charge in [0.05, 0.1) is 0 Å². The predicted molar refractivity (Wildman–Crippen MR) is 58.2 cm³/mol. The minimum Gasteiger partial charge on any atom is -0.291 e. The molecular weight excluding hydrogens is 176 g/mol. The van der Waals surface area contributed by atoms with Gasteiger partial charge in [-0.1, -0.05) is 27.7 Å². The zero-order chi connectivity index (χ0) is 11.2. The van der Waals surface area contributed by atoms with Crippen LogP contribution in [0.3, 0.4) is 0 Å². The van der Waals surface area contributed by atoms with Crippen molar-refractivity contribution in [1.82, 2.24) is 0 Å². The van der Waals surface area contributed by atoms with Crippen LogP contribution in [0.15, 0.2) is 0 Å². The summed E-state index contributed by atoms with van der Waals surface area (Å²) in [6, 6.07) is 0. The number of ketones is 2. The zero-order valence-electron chi connectivity index (χ0n) is 9.85. The van der Waals surface area contributed by atoms with E-state index in [2.05, 4.69) is 0 Å². The van der Waals surface area contributed by atoms with Gasteiger partial charge in [0, 0.05) is 11.8 Å². The molecule has 0 N–H and O–H groups in total. The van der Waals surface area contributed by atoms with E-state index in [-0.39, 0.29) is 17.0 Å². The lowest BCUT2D eigenvalue weighted by Crippen LogP contribution is -2.35. The van der Waals surface area contributed by atoms with Crippen LogP contribution in [0.4, 0.5) is 0 Å². The van der Waals surface area contributed by atoms with Gasteiger partial charge in [0.25, 0.3) is 0 Å². The molecule has 0 heterocycles. The maximum atomic E-state index is 11.9. The topological polar surface area (TPSA) is 34.1 Å². The number of carbonyl (C=O) groups is 2. The van der Waals surface area contributed by atoms with Crippen LogP contribution >= 0.6 is 0 Å². The fourth-order valence-corrected chi connectivity index (χ4v) is 1.87. The molecule has 0 aromatic carbocycles. The minimum atomic E-state index is -0.383. The van der Waals surface area contributed by atoms with Crippen molar-refractivity contribution in [3.63, 3.8) is 0 Å². The van der Waals surface area contributed by atoms with Gasteiger partial charge in [-0.2, -0.15) is 0 Å². The molecule has 0 aromatic rings. The zero-order valence-corrected chi connectivity index (χ0v) is 9.85. The summed E-state index contributed by atoms with van der Waals surface area (Å²) in [6.45, 7) is 7.90. The number of hydrogen-bond donors (Lipinski definition) is 0. The van der Waals surface area contributed by atoms with Crippen LogP contribution in [0.2, 0.25) is 0 Å². The maximum Gasteiger partial charge on any atom is 0.204 e. The van der Waals surface area contributed by atoms with Gasteiger partial charge in [0.15, 0.2) is 5.78 Å². The molecule has 0 amide bonds. The van der Waals surface area contributed by atoms with Gasteiger partial charge in [-0.05, 0) is 25.7 Å². The molecule has 0 bridgehead atoms. The number of rotatable bonds is 7. The lowest BCUT2D eigenvalue weighted by Gasteiger charge is -2.27. The van der Waals surface area contributed by atoms with Crippen LogP contribution in [0, 0.1) is 5.41 Å². The molecule has 0 rings (SSSR count). The van der Waals surface area contributed by atoms with Gasteiger partial charge in [-0.15, -0.1) is 0 Å². The second-order valence-corrected chi connectivity index (χ2v) is 3.84. The van der Waals surface area contributed by atoms with Gasteiger partial charge < -0.3 is 0 Å². The molecule has 14 heavy (non-hydrogen) atoms. The summed E-state index contributed by atoms with van der Waals surface area (Å²) in [5.74, 6) is -0.329. The third kappa shape index (κ3) is 2.66. The highest BCUT2D eigenvalue weighted by Gasteiger charge is 2.36. The van der Waals surface area contributed by atoms with E-state index in [0.29, 0.717) is 6.42 Å². The number of carbonyl (C=O) groups excluding carboxylic acids is 2. The lowest BCUT2D eigenvalue weighted by molar-refractivity contribution is -0.143. The molecule has 0 radical (unpaired) electrons. The monoisotopic (exact) mass is 198 g/mol. The molecule has 0 unspecified atom stereocenters. The van der Waals surface area contributed by atoms with E-state index in [4.69, 9.17) is 0 Å². The maximum absolute atomic E-state index is 11.9. The van der Waals surface area contributed by atoms with E-state index in [0.717, 1.165) is 25.7 Å². The highest BCUT2D eigenvalue weighted by molar-refractivity contribution is 6.39. The Hall–Kier alpha value is -0.660. The molecule has 0 aliphatic carbocycles. The third-order valence-electron chi connectivity index (χ3n) is 3.24. The van der Waals surface area contributed by atoms with Crippen LogP contribution in [-0.2, 0) is 9.59 Å². The highest BCUT2D eigenvalue weighted by Crippen LogP contribution is 2.32. The highest BCUT2D eigenvalue weighted by atomic mass is 16.2. The normalized spacial score (nSPS) is 11.4. The lowest BCUT2D eigenvalue weighted by atomic mass is 9.74. The van der Waals surface area contributed by atoms with Crippen molar-refractivity contribution in [2.45, 2.75) is 59.8 Å². The quantitative estimate of drug-likeness (QED) is 0.589. The Balaban J connectivity index is 4.67. The van der Waals surface area contributed by atoms with E-state index < -0.39 is 0 Å². The van der Waals surface area contributed by atoms with Crippen molar-refractivity contribution in [2.75, 3.05) is 0 Å². The number of Topliss-reactive ketones (excluding diaryl/α,β-unsaturated/α-hetero) is 2. The van der Waals surface area contributed by atoms with Crippen molar-refractivity contribution >= 4 is 11.6 Å². The van der Waals surface area contributed by atoms with Crippen molar-refractivity contribution in [3.8, 4) is 0 Å². The van der Waals surface area contributed by atoms with Crippen LogP contribution in [0.5, 0.6) is 0 Å². The predicted octanol–water partition coefficient (Wildman–Crippen LogP) is 3.14. The smallest absolute Gasteiger partial charge is 0.204 e. The first kappa shape index (κ1) is 13.3. The molecule has 82 valence electrons. The summed E-state index contributed by atoms with van der Waals surface area (Å²) in [6.07, 6.45) is 3.48. The van der Waals surface area contributed by atoms with E-state index in [1.807, 2.05) is 27.7 Å². The Morgan fingerprint density at radius 1 is 0.929 bits per heavy atom. The van der Waals surface area contributed by atoms with Gasteiger partial charge in [-0.25, -0.2) is 0 Å². The SMILES string of the molecule is CCCC(=O)C(=O)C(CC)(CC)CC. The molecule has 2 nitrogen and oxygen atoms in total. The Morgan fingerprint density at radius 2 is 1.36 bits per heavy atom. The van der Waals surface area contributed by atoms with Gasteiger partial charge >= 0.3 is 0 Å². The third-order valence-corrected chi connectivity index (χ3v) is 3.24. The fraction of sp³-hybridized carbons (Fsp3) is 0.833. The molecule has 0 atom stereocenters. The van der Waals surface area contributed by atoms with E-state index >= 15 is 0 Å². The Morgan fingerprint density at radius 3 is 1.64 bits per heavy atom. The largest absolute Gasteiger partial charge is 0.291 e. The van der Waals surface area contributed by atoms with Crippen LogP contribution in [-0.4, -0.2) is 11.6 Å². The van der Waals surface area contributed by atoms with E-state index in [1.54, 1.807) is 0 Å². The number of hydrogen-bond acceptors (Lipinski definition) is 2. The van der Waals surface area contributed by atoms with Gasteiger partial charge in [0.1, 0.15) is 0 Å². The molecule has 0 aliphatic rings. The molecular formula is C12H22O2. The van der Waals surface area contributed by atoms with E-state index in [9.17, 15) is 9.59 Å². The summed E-state index contributed by atoms with van der Waals surface area (Å²) in [5.41, 5.74) is -0.383. The van der Waals surface area contributed by atoms with Crippen LogP contribution in [0.25, 0.3) is 0 Å². The first-order chi connectivity index (χ1) is 6.57.